The van der Waals surface area contributed by atoms with Crippen molar-refractivity contribution < 1.29 is 4.79 Å². The number of rotatable bonds is 7. The zero-order valence-corrected chi connectivity index (χ0v) is 15.8. The number of ketones is 1. The number of hydrogen-bond acceptors (Lipinski definition) is 2. The standard InChI is InChI=1S/C21H27NO.ClH.2Na.2H/c1-5-20(23)21(16-17(2)22(3)4,18-12-8-6-9-13-18)19-14-10-7-11-15-19;;;;;/h6-15,17H,5,16H2,1-4H3;1H;;;;. The molecule has 2 aromatic carbocycles. The van der Waals surface area contributed by atoms with Crippen LogP contribution in [0.4, 0.5) is 0 Å². The van der Waals surface area contributed by atoms with Gasteiger partial charge in [-0.05, 0) is 38.6 Å². The number of hydrogen-bond donors (Lipinski definition) is 0. The molecule has 134 valence electrons. The van der Waals surface area contributed by atoms with Crippen LogP contribution in [0.15, 0.2) is 60.7 Å². The topological polar surface area (TPSA) is 20.3 Å². The van der Waals surface area contributed by atoms with Gasteiger partial charge in [0.25, 0.3) is 0 Å². The van der Waals surface area contributed by atoms with E-state index in [4.69, 9.17) is 0 Å². The van der Waals surface area contributed by atoms with Crippen molar-refractivity contribution in [2.45, 2.75) is 38.1 Å². The van der Waals surface area contributed by atoms with E-state index in [1.807, 2.05) is 43.3 Å². The predicted octanol–water partition coefficient (Wildman–Crippen LogP) is 3.42. The molecule has 0 aliphatic rings. The minimum absolute atomic E-state index is 0. The van der Waals surface area contributed by atoms with Gasteiger partial charge in [-0.1, -0.05) is 67.6 Å². The summed E-state index contributed by atoms with van der Waals surface area (Å²) in [4.78, 5) is 15.4. The van der Waals surface area contributed by atoms with Crippen LogP contribution in [0.1, 0.15) is 37.8 Å². The SMILES string of the molecule is CCC(=O)C(CC(C)N(C)C)(c1ccccc1)c1ccccc1.Cl.[NaH].[NaH]. The zero-order chi connectivity index (χ0) is 16.9. The molecule has 0 aliphatic carbocycles. The summed E-state index contributed by atoms with van der Waals surface area (Å²) in [5.41, 5.74) is 1.60. The molecular weight excluding hydrogens is 364 g/mol. The summed E-state index contributed by atoms with van der Waals surface area (Å²) >= 11 is 0. The van der Waals surface area contributed by atoms with E-state index in [1.54, 1.807) is 0 Å². The fraction of sp³-hybridized carbons (Fsp3) is 0.381. The van der Waals surface area contributed by atoms with Crippen LogP contribution in [0.5, 0.6) is 0 Å². The van der Waals surface area contributed by atoms with Crippen molar-refractivity contribution in [1.82, 2.24) is 4.90 Å². The van der Waals surface area contributed by atoms with Crippen molar-refractivity contribution in [2.75, 3.05) is 14.1 Å². The predicted molar refractivity (Wildman–Crippen MR) is 118 cm³/mol. The van der Waals surface area contributed by atoms with Crippen LogP contribution < -0.4 is 0 Å². The van der Waals surface area contributed by atoms with Crippen molar-refractivity contribution in [3.63, 3.8) is 0 Å². The Morgan fingerprint density at radius 3 is 1.62 bits per heavy atom. The van der Waals surface area contributed by atoms with E-state index >= 15 is 0 Å². The third-order valence-corrected chi connectivity index (χ3v) is 4.81. The van der Waals surface area contributed by atoms with Crippen LogP contribution in [0, 0.1) is 0 Å². The van der Waals surface area contributed by atoms with E-state index in [-0.39, 0.29) is 77.3 Å². The van der Waals surface area contributed by atoms with E-state index in [0.717, 1.165) is 17.5 Å². The third kappa shape index (κ3) is 6.46. The molecule has 0 N–H and O–H groups in total. The second kappa shape index (κ2) is 13.5. The monoisotopic (exact) mass is 393 g/mol. The molecule has 0 saturated carbocycles. The van der Waals surface area contributed by atoms with Gasteiger partial charge in [-0.15, -0.1) is 12.4 Å². The van der Waals surface area contributed by atoms with Crippen LogP contribution >= 0.6 is 12.4 Å². The summed E-state index contributed by atoms with van der Waals surface area (Å²) in [5.74, 6) is 0.281. The molecule has 0 fully saturated rings. The van der Waals surface area contributed by atoms with Gasteiger partial charge >= 0.3 is 59.1 Å². The number of halogens is 1. The summed E-state index contributed by atoms with van der Waals surface area (Å²) in [6.45, 7) is 4.15. The van der Waals surface area contributed by atoms with Crippen molar-refractivity contribution in [3.05, 3.63) is 71.8 Å². The molecule has 0 bridgehead atoms. The Morgan fingerprint density at radius 2 is 1.31 bits per heavy atom. The molecule has 2 rings (SSSR count). The summed E-state index contributed by atoms with van der Waals surface area (Å²) in [6, 6.07) is 20.7. The van der Waals surface area contributed by atoms with Gasteiger partial charge in [0.1, 0.15) is 5.78 Å². The fourth-order valence-corrected chi connectivity index (χ4v) is 3.21. The number of Topliss-reactive ketones (excluding diaryl/α,β-unsaturated/α-hetero) is 1. The van der Waals surface area contributed by atoms with Gasteiger partial charge in [0.15, 0.2) is 0 Å². The Morgan fingerprint density at radius 1 is 0.923 bits per heavy atom. The molecule has 2 nitrogen and oxygen atoms in total. The molecule has 5 heteroatoms. The Bertz CT molecular complexity index is 595. The molecule has 0 aromatic heterocycles. The zero-order valence-electron chi connectivity index (χ0n) is 15.0. The Labute approximate surface area is 209 Å². The van der Waals surface area contributed by atoms with Crippen molar-refractivity contribution in [3.8, 4) is 0 Å². The van der Waals surface area contributed by atoms with Gasteiger partial charge in [-0.3, -0.25) is 4.79 Å². The van der Waals surface area contributed by atoms with E-state index in [9.17, 15) is 4.79 Å². The average Bonchev–Trinajstić information content (AvgIpc) is 2.60. The first kappa shape index (κ1) is 28.6. The second-order valence-corrected chi connectivity index (χ2v) is 6.43. The van der Waals surface area contributed by atoms with Gasteiger partial charge < -0.3 is 4.90 Å². The van der Waals surface area contributed by atoms with Crippen LogP contribution in [-0.2, 0) is 10.2 Å². The van der Waals surface area contributed by atoms with Gasteiger partial charge in [0, 0.05) is 12.5 Å². The Balaban J connectivity index is 0. The molecule has 1 atom stereocenters. The molecule has 0 saturated heterocycles. The van der Waals surface area contributed by atoms with Crippen LogP contribution in [-0.4, -0.2) is 89.9 Å². The Hall–Kier alpha value is 0.360. The van der Waals surface area contributed by atoms with Gasteiger partial charge in [0.2, 0.25) is 0 Å². The average molecular weight is 394 g/mol. The number of carbonyl (C=O) groups excluding carboxylic acids is 1. The quantitative estimate of drug-likeness (QED) is 0.672. The maximum atomic E-state index is 13.2. The minimum atomic E-state index is -0.582. The van der Waals surface area contributed by atoms with Gasteiger partial charge in [0.05, 0.1) is 5.41 Å². The molecule has 0 radical (unpaired) electrons. The summed E-state index contributed by atoms with van der Waals surface area (Å²) in [5, 5.41) is 0. The van der Waals surface area contributed by atoms with E-state index in [2.05, 4.69) is 50.2 Å². The summed E-state index contributed by atoms with van der Waals surface area (Å²) in [6.07, 6.45) is 1.31. The summed E-state index contributed by atoms with van der Waals surface area (Å²) in [7, 11) is 4.14. The molecule has 2 aromatic rings. The van der Waals surface area contributed by atoms with Crippen molar-refractivity contribution >= 4 is 77.3 Å². The third-order valence-electron chi connectivity index (χ3n) is 4.81. The normalized spacial score (nSPS) is 11.6. The van der Waals surface area contributed by atoms with Crippen LogP contribution in [0.2, 0.25) is 0 Å². The van der Waals surface area contributed by atoms with Gasteiger partial charge in [-0.2, -0.15) is 0 Å². The number of benzene rings is 2. The molecular formula is C21H30ClNNa2O. The second-order valence-electron chi connectivity index (χ2n) is 6.43. The first-order valence-electron chi connectivity index (χ1n) is 8.33. The van der Waals surface area contributed by atoms with Crippen molar-refractivity contribution in [1.29, 1.82) is 0 Å². The molecule has 1 unspecified atom stereocenters. The molecule has 0 aliphatic heterocycles. The fourth-order valence-electron chi connectivity index (χ4n) is 3.21. The van der Waals surface area contributed by atoms with Crippen molar-refractivity contribution in [2.24, 2.45) is 0 Å². The maximum absolute atomic E-state index is 13.2. The molecule has 0 heterocycles. The van der Waals surface area contributed by atoms with E-state index in [1.165, 1.54) is 0 Å². The summed E-state index contributed by atoms with van der Waals surface area (Å²) < 4.78 is 0. The van der Waals surface area contributed by atoms with Gasteiger partial charge in [-0.25, -0.2) is 0 Å². The molecule has 0 amide bonds. The number of carbonyl (C=O) groups is 1. The Kier molecular flexibility index (Phi) is 14.9. The van der Waals surface area contributed by atoms with Crippen LogP contribution in [0.25, 0.3) is 0 Å². The molecule has 26 heavy (non-hydrogen) atoms. The number of nitrogens with zero attached hydrogens (tertiary/aromatic N) is 1. The van der Waals surface area contributed by atoms with E-state index in [0.29, 0.717) is 12.5 Å². The first-order valence-corrected chi connectivity index (χ1v) is 8.33. The first-order chi connectivity index (χ1) is 11.0. The molecule has 0 spiro atoms. The van der Waals surface area contributed by atoms with E-state index < -0.39 is 5.41 Å². The van der Waals surface area contributed by atoms with Crippen LogP contribution in [0.3, 0.4) is 0 Å².